The van der Waals surface area contributed by atoms with Crippen molar-refractivity contribution in [2.45, 2.75) is 55.2 Å². The van der Waals surface area contributed by atoms with Gasteiger partial charge in [0.1, 0.15) is 5.82 Å². The molecular formula is C15H22FNS. The van der Waals surface area contributed by atoms with Gasteiger partial charge in [-0.2, -0.15) is 0 Å². The second-order valence-corrected chi connectivity index (χ2v) is 6.50. The highest BCUT2D eigenvalue weighted by atomic mass is 32.2. The van der Waals surface area contributed by atoms with E-state index in [-0.39, 0.29) is 11.9 Å². The fourth-order valence-corrected chi connectivity index (χ4v) is 4.09. The zero-order valence-corrected chi connectivity index (χ0v) is 11.8. The third kappa shape index (κ3) is 3.48. The Labute approximate surface area is 113 Å². The first kappa shape index (κ1) is 13.9. The Morgan fingerprint density at radius 3 is 2.83 bits per heavy atom. The first-order valence-corrected chi connectivity index (χ1v) is 7.75. The van der Waals surface area contributed by atoms with Crippen LogP contribution in [0.4, 0.5) is 4.39 Å². The molecule has 1 aliphatic carbocycles. The molecule has 3 unspecified atom stereocenters. The number of thioether (sulfide) groups is 1. The van der Waals surface area contributed by atoms with E-state index in [1.165, 1.54) is 25.3 Å². The smallest absolute Gasteiger partial charge is 0.136 e. The van der Waals surface area contributed by atoms with Gasteiger partial charge in [-0.25, -0.2) is 4.39 Å². The summed E-state index contributed by atoms with van der Waals surface area (Å²) < 4.78 is 13.7. The minimum atomic E-state index is -0.118. The standard InChI is InChI=1S/C15H22FNS/c1-2-5-11-8-9-13(17)15(10-11)18-14-7-4-3-6-12(14)16/h3-4,6-7,11,13,15H,2,5,8-10,17H2,1H3. The van der Waals surface area contributed by atoms with E-state index in [9.17, 15) is 4.39 Å². The molecule has 1 saturated carbocycles. The molecule has 100 valence electrons. The lowest BCUT2D eigenvalue weighted by Gasteiger charge is -2.33. The number of halogens is 1. The molecule has 0 saturated heterocycles. The molecular weight excluding hydrogens is 245 g/mol. The number of hydrogen-bond donors (Lipinski definition) is 1. The number of nitrogens with two attached hydrogens (primary N) is 1. The van der Waals surface area contributed by atoms with E-state index in [0.29, 0.717) is 5.25 Å². The maximum Gasteiger partial charge on any atom is 0.136 e. The molecule has 1 fully saturated rings. The summed E-state index contributed by atoms with van der Waals surface area (Å²) in [5.41, 5.74) is 6.19. The van der Waals surface area contributed by atoms with Crippen LogP contribution in [-0.2, 0) is 0 Å². The van der Waals surface area contributed by atoms with Gasteiger partial charge in [-0.15, -0.1) is 11.8 Å². The quantitative estimate of drug-likeness (QED) is 0.884. The molecule has 1 aromatic carbocycles. The van der Waals surface area contributed by atoms with E-state index in [4.69, 9.17) is 5.73 Å². The van der Waals surface area contributed by atoms with Crippen molar-refractivity contribution in [2.75, 3.05) is 0 Å². The van der Waals surface area contributed by atoms with Crippen molar-refractivity contribution in [2.24, 2.45) is 11.7 Å². The predicted octanol–water partition coefficient (Wildman–Crippen LogP) is 4.21. The third-order valence-electron chi connectivity index (χ3n) is 3.76. The topological polar surface area (TPSA) is 26.0 Å². The predicted molar refractivity (Wildman–Crippen MR) is 76.3 cm³/mol. The molecule has 0 spiro atoms. The van der Waals surface area contributed by atoms with Crippen LogP contribution in [0.15, 0.2) is 29.2 Å². The van der Waals surface area contributed by atoms with E-state index in [0.717, 1.165) is 23.7 Å². The van der Waals surface area contributed by atoms with Gasteiger partial charge in [-0.05, 0) is 37.3 Å². The maximum absolute atomic E-state index is 13.7. The Hall–Kier alpha value is -0.540. The Kier molecular flexibility index (Phi) is 5.07. The van der Waals surface area contributed by atoms with Gasteiger partial charge in [0.2, 0.25) is 0 Å². The Bertz CT molecular complexity index is 383. The maximum atomic E-state index is 13.7. The summed E-state index contributed by atoms with van der Waals surface area (Å²) in [6, 6.07) is 7.22. The van der Waals surface area contributed by atoms with E-state index in [1.54, 1.807) is 17.8 Å². The van der Waals surface area contributed by atoms with E-state index >= 15 is 0 Å². The van der Waals surface area contributed by atoms with Gasteiger partial charge >= 0.3 is 0 Å². The van der Waals surface area contributed by atoms with Crippen LogP contribution in [0.3, 0.4) is 0 Å². The largest absolute Gasteiger partial charge is 0.327 e. The first-order chi connectivity index (χ1) is 8.70. The highest BCUT2D eigenvalue weighted by molar-refractivity contribution is 8.00. The van der Waals surface area contributed by atoms with Crippen LogP contribution in [-0.4, -0.2) is 11.3 Å². The zero-order valence-electron chi connectivity index (χ0n) is 10.9. The fraction of sp³-hybridized carbons (Fsp3) is 0.600. The van der Waals surface area contributed by atoms with Gasteiger partial charge in [0, 0.05) is 16.2 Å². The van der Waals surface area contributed by atoms with Gasteiger partial charge in [0.05, 0.1) is 0 Å². The molecule has 0 amide bonds. The van der Waals surface area contributed by atoms with Gasteiger partial charge in [-0.1, -0.05) is 31.9 Å². The third-order valence-corrected chi connectivity index (χ3v) is 5.19. The molecule has 1 nitrogen and oxygen atoms in total. The summed E-state index contributed by atoms with van der Waals surface area (Å²) in [5, 5.41) is 0.368. The van der Waals surface area contributed by atoms with Crippen LogP contribution in [0.1, 0.15) is 39.0 Å². The van der Waals surface area contributed by atoms with Crippen LogP contribution in [0, 0.1) is 11.7 Å². The SMILES string of the molecule is CCCC1CCC(N)C(Sc2ccccc2F)C1. The zero-order chi connectivity index (χ0) is 13.0. The van der Waals surface area contributed by atoms with Crippen molar-refractivity contribution in [3.05, 3.63) is 30.1 Å². The molecule has 0 heterocycles. The van der Waals surface area contributed by atoms with E-state index < -0.39 is 0 Å². The highest BCUT2D eigenvalue weighted by Crippen LogP contribution is 2.38. The van der Waals surface area contributed by atoms with Gasteiger partial charge in [-0.3, -0.25) is 0 Å². The molecule has 18 heavy (non-hydrogen) atoms. The minimum absolute atomic E-state index is 0.118. The molecule has 0 aliphatic heterocycles. The van der Waals surface area contributed by atoms with Crippen molar-refractivity contribution in [3.63, 3.8) is 0 Å². The van der Waals surface area contributed by atoms with Crippen molar-refractivity contribution >= 4 is 11.8 Å². The molecule has 0 radical (unpaired) electrons. The van der Waals surface area contributed by atoms with Gasteiger partial charge in [0.15, 0.2) is 0 Å². The average molecular weight is 267 g/mol. The first-order valence-electron chi connectivity index (χ1n) is 6.87. The monoisotopic (exact) mass is 267 g/mol. The Balaban J connectivity index is 2.00. The Morgan fingerprint density at radius 1 is 1.33 bits per heavy atom. The van der Waals surface area contributed by atoms with Crippen LogP contribution in [0.25, 0.3) is 0 Å². The molecule has 0 bridgehead atoms. The summed E-state index contributed by atoms with van der Waals surface area (Å²) in [5.74, 6) is 0.659. The van der Waals surface area contributed by atoms with Crippen LogP contribution in [0.5, 0.6) is 0 Å². The number of rotatable bonds is 4. The van der Waals surface area contributed by atoms with Crippen molar-refractivity contribution in [3.8, 4) is 0 Å². The highest BCUT2D eigenvalue weighted by Gasteiger charge is 2.28. The van der Waals surface area contributed by atoms with Crippen LogP contribution >= 0.6 is 11.8 Å². The molecule has 2 rings (SSSR count). The lowest BCUT2D eigenvalue weighted by Crippen LogP contribution is -2.38. The van der Waals surface area contributed by atoms with Crippen LogP contribution < -0.4 is 5.73 Å². The Morgan fingerprint density at radius 2 is 2.11 bits per heavy atom. The van der Waals surface area contributed by atoms with Crippen molar-refractivity contribution in [1.29, 1.82) is 0 Å². The summed E-state index contributed by atoms with van der Waals surface area (Å²) in [4.78, 5) is 0.745. The second kappa shape index (κ2) is 6.58. The molecule has 3 heteroatoms. The lowest BCUT2D eigenvalue weighted by molar-refractivity contribution is 0.316. The summed E-state index contributed by atoms with van der Waals surface area (Å²) in [7, 11) is 0. The lowest BCUT2D eigenvalue weighted by atomic mass is 9.83. The minimum Gasteiger partial charge on any atom is -0.327 e. The fourth-order valence-electron chi connectivity index (χ4n) is 2.74. The van der Waals surface area contributed by atoms with E-state index in [1.807, 2.05) is 12.1 Å². The van der Waals surface area contributed by atoms with Crippen molar-refractivity contribution in [1.82, 2.24) is 0 Å². The van der Waals surface area contributed by atoms with Gasteiger partial charge < -0.3 is 5.73 Å². The molecule has 1 aromatic rings. The van der Waals surface area contributed by atoms with Gasteiger partial charge in [0.25, 0.3) is 0 Å². The second-order valence-electron chi connectivity index (χ2n) is 5.22. The molecule has 2 N–H and O–H groups in total. The van der Waals surface area contributed by atoms with Crippen LogP contribution in [0.2, 0.25) is 0 Å². The van der Waals surface area contributed by atoms with E-state index in [2.05, 4.69) is 6.92 Å². The summed E-state index contributed by atoms with van der Waals surface area (Å²) in [6.45, 7) is 2.23. The molecule has 0 aromatic heterocycles. The average Bonchev–Trinajstić information content (AvgIpc) is 2.36. The number of benzene rings is 1. The summed E-state index contributed by atoms with van der Waals surface area (Å²) in [6.07, 6.45) is 5.96. The summed E-state index contributed by atoms with van der Waals surface area (Å²) >= 11 is 1.63. The normalized spacial score (nSPS) is 28.3. The number of hydrogen-bond acceptors (Lipinski definition) is 2. The van der Waals surface area contributed by atoms with Crippen molar-refractivity contribution < 1.29 is 4.39 Å². The molecule has 3 atom stereocenters. The molecule has 1 aliphatic rings.